The second-order valence-electron chi connectivity index (χ2n) is 5.17. The number of sulfonamides is 1. The Balaban J connectivity index is 1.48. The number of thiophene rings is 1. The van der Waals surface area contributed by atoms with E-state index in [-0.39, 0.29) is 11.4 Å². The van der Waals surface area contributed by atoms with Crippen LogP contribution in [0.2, 0.25) is 0 Å². The molecule has 0 saturated carbocycles. The number of aromatic nitrogens is 4. The molecule has 0 atom stereocenters. The Morgan fingerprint density at radius 1 is 1.20 bits per heavy atom. The predicted molar refractivity (Wildman–Crippen MR) is 97.3 cm³/mol. The summed E-state index contributed by atoms with van der Waals surface area (Å²) in [5, 5.41) is 8.46. The Morgan fingerprint density at radius 2 is 2.12 bits per heavy atom. The van der Waals surface area contributed by atoms with Gasteiger partial charge >= 0.3 is 0 Å². The van der Waals surface area contributed by atoms with Crippen LogP contribution in [0.4, 0.5) is 0 Å². The van der Waals surface area contributed by atoms with Gasteiger partial charge in [0.2, 0.25) is 15.0 Å². The summed E-state index contributed by atoms with van der Waals surface area (Å²) >= 11 is 3.08. The Labute approximate surface area is 152 Å². The van der Waals surface area contributed by atoms with E-state index in [2.05, 4.69) is 19.8 Å². The van der Waals surface area contributed by atoms with E-state index in [9.17, 15) is 8.42 Å². The van der Waals surface area contributed by atoms with Gasteiger partial charge in [0.05, 0.1) is 10.6 Å². The van der Waals surface area contributed by atoms with Gasteiger partial charge in [-0.2, -0.15) is 4.98 Å². The number of nitrogens with zero attached hydrogens (tertiary/aromatic N) is 4. The van der Waals surface area contributed by atoms with E-state index in [0.717, 1.165) is 15.5 Å². The molecule has 128 valence electrons. The van der Waals surface area contributed by atoms with Crippen LogP contribution in [0, 0.1) is 0 Å². The van der Waals surface area contributed by atoms with Crippen molar-refractivity contribution in [3.8, 4) is 10.7 Å². The number of pyridine rings is 1. The summed E-state index contributed by atoms with van der Waals surface area (Å²) in [6.07, 6.45) is 3.39. The first-order valence-corrected chi connectivity index (χ1v) is 10.6. The van der Waals surface area contributed by atoms with E-state index in [4.69, 9.17) is 0 Å². The summed E-state index contributed by atoms with van der Waals surface area (Å²) in [6, 6.07) is 7.05. The lowest BCUT2D eigenvalue weighted by Crippen LogP contribution is -2.26. The third-order valence-corrected chi connectivity index (χ3v) is 6.69. The van der Waals surface area contributed by atoms with E-state index in [1.165, 1.54) is 29.8 Å². The van der Waals surface area contributed by atoms with Crippen LogP contribution in [-0.4, -0.2) is 34.5 Å². The average Bonchev–Trinajstić information content (AvgIpc) is 3.33. The quantitative estimate of drug-likeness (QED) is 0.545. The first kappa shape index (κ1) is 16.3. The molecule has 0 aliphatic carbocycles. The van der Waals surface area contributed by atoms with Crippen molar-refractivity contribution >= 4 is 37.7 Å². The van der Waals surface area contributed by atoms with Crippen molar-refractivity contribution in [2.45, 2.75) is 11.3 Å². The highest BCUT2D eigenvalue weighted by Crippen LogP contribution is 2.24. The summed E-state index contributed by atoms with van der Waals surface area (Å²) in [7, 11) is -3.55. The minimum Gasteiger partial charge on any atom is -0.263 e. The highest BCUT2D eigenvalue weighted by molar-refractivity contribution is 7.89. The molecular formula is C15H13N5O2S3. The number of hydrogen-bond acceptors (Lipinski definition) is 7. The van der Waals surface area contributed by atoms with Crippen LogP contribution < -0.4 is 4.72 Å². The number of fused-ring (bicyclic) bond motifs is 1. The van der Waals surface area contributed by atoms with Crippen molar-refractivity contribution in [2.24, 2.45) is 0 Å². The lowest BCUT2D eigenvalue weighted by Gasteiger charge is -2.05. The van der Waals surface area contributed by atoms with Gasteiger partial charge in [0.15, 0.2) is 5.82 Å². The Bertz CT molecular complexity index is 1090. The molecule has 25 heavy (non-hydrogen) atoms. The van der Waals surface area contributed by atoms with Crippen LogP contribution in [0.5, 0.6) is 0 Å². The Kier molecular flexibility index (Phi) is 4.34. The molecule has 0 amide bonds. The summed E-state index contributed by atoms with van der Waals surface area (Å²) in [5.74, 6) is 0.694. The standard InChI is InChI=1S/C15H13N5O2S3/c21-25(22,12-3-1-6-16-9-12)17-7-5-11-10-24-15-18-14(19-20(11)15)13-4-2-8-23-13/h1-4,6,8-10,17H,5,7H2. The van der Waals surface area contributed by atoms with Crippen LogP contribution >= 0.6 is 22.7 Å². The van der Waals surface area contributed by atoms with Crippen molar-refractivity contribution in [1.82, 2.24) is 24.3 Å². The van der Waals surface area contributed by atoms with Crippen molar-refractivity contribution < 1.29 is 8.42 Å². The van der Waals surface area contributed by atoms with Gasteiger partial charge in [-0.05, 0) is 23.6 Å². The zero-order valence-electron chi connectivity index (χ0n) is 12.9. The molecule has 4 aromatic heterocycles. The topological polar surface area (TPSA) is 89.2 Å². The molecule has 10 heteroatoms. The van der Waals surface area contributed by atoms with Gasteiger partial charge in [0, 0.05) is 30.7 Å². The molecule has 0 radical (unpaired) electrons. The summed E-state index contributed by atoms with van der Waals surface area (Å²) in [6.45, 7) is 0.275. The summed E-state index contributed by atoms with van der Waals surface area (Å²) in [4.78, 5) is 10.3. The molecule has 0 aliphatic heterocycles. The van der Waals surface area contributed by atoms with Gasteiger partial charge in [-0.15, -0.1) is 27.8 Å². The monoisotopic (exact) mass is 391 g/mol. The van der Waals surface area contributed by atoms with Crippen LogP contribution in [0.25, 0.3) is 15.7 Å². The molecule has 0 bridgehead atoms. The third-order valence-electron chi connectivity index (χ3n) is 3.51. The van der Waals surface area contributed by atoms with Crippen LogP contribution in [0.3, 0.4) is 0 Å². The van der Waals surface area contributed by atoms with Crippen LogP contribution in [0.1, 0.15) is 5.69 Å². The fraction of sp³-hybridized carbons (Fsp3) is 0.133. The first-order chi connectivity index (χ1) is 12.1. The van der Waals surface area contributed by atoms with Crippen LogP contribution in [0.15, 0.2) is 52.3 Å². The summed E-state index contributed by atoms with van der Waals surface area (Å²) < 4.78 is 28.8. The normalized spacial score (nSPS) is 12.0. The molecular weight excluding hydrogens is 378 g/mol. The largest absolute Gasteiger partial charge is 0.263 e. The zero-order chi connectivity index (χ0) is 17.3. The number of hydrogen-bond donors (Lipinski definition) is 1. The van der Waals surface area contributed by atoms with Gasteiger partial charge in [0.1, 0.15) is 4.90 Å². The highest BCUT2D eigenvalue weighted by Gasteiger charge is 2.15. The number of thiazole rings is 1. The van der Waals surface area contributed by atoms with Gasteiger partial charge in [-0.25, -0.2) is 17.7 Å². The second kappa shape index (κ2) is 6.64. The maximum atomic E-state index is 12.2. The third kappa shape index (κ3) is 3.33. The molecule has 0 saturated heterocycles. The maximum absolute atomic E-state index is 12.2. The van der Waals surface area contributed by atoms with E-state index in [1.807, 2.05) is 22.9 Å². The van der Waals surface area contributed by atoms with E-state index in [0.29, 0.717) is 12.2 Å². The van der Waals surface area contributed by atoms with Crippen molar-refractivity contribution in [3.63, 3.8) is 0 Å². The minimum atomic E-state index is -3.55. The van der Waals surface area contributed by atoms with Gasteiger partial charge in [0.25, 0.3) is 0 Å². The van der Waals surface area contributed by atoms with Gasteiger partial charge in [-0.3, -0.25) is 4.98 Å². The van der Waals surface area contributed by atoms with Crippen molar-refractivity contribution in [1.29, 1.82) is 0 Å². The van der Waals surface area contributed by atoms with E-state index >= 15 is 0 Å². The van der Waals surface area contributed by atoms with Crippen molar-refractivity contribution in [2.75, 3.05) is 6.54 Å². The van der Waals surface area contributed by atoms with Gasteiger partial charge < -0.3 is 0 Å². The zero-order valence-corrected chi connectivity index (χ0v) is 15.3. The molecule has 4 aromatic rings. The molecule has 0 aromatic carbocycles. The highest BCUT2D eigenvalue weighted by atomic mass is 32.2. The fourth-order valence-corrected chi connectivity index (χ4v) is 4.81. The average molecular weight is 392 g/mol. The maximum Gasteiger partial charge on any atom is 0.242 e. The SMILES string of the molecule is O=S(=O)(NCCc1csc2nc(-c3cccs3)nn12)c1cccnc1. The van der Waals surface area contributed by atoms with E-state index < -0.39 is 10.0 Å². The Morgan fingerprint density at radius 3 is 2.88 bits per heavy atom. The van der Waals surface area contributed by atoms with Crippen molar-refractivity contribution in [3.05, 3.63) is 53.1 Å². The molecule has 4 rings (SSSR count). The Hall–Kier alpha value is -2.14. The molecule has 0 fully saturated rings. The first-order valence-electron chi connectivity index (χ1n) is 7.40. The number of nitrogens with one attached hydrogen (secondary N) is 1. The second-order valence-corrected chi connectivity index (χ2v) is 8.72. The van der Waals surface area contributed by atoms with Gasteiger partial charge in [-0.1, -0.05) is 6.07 Å². The smallest absolute Gasteiger partial charge is 0.242 e. The summed E-state index contributed by atoms with van der Waals surface area (Å²) in [5.41, 5.74) is 0.921. The van der Waals surface area contributed by atoms with Crippen LogP contribution in [-0.2, 0) is 16.4 Å². The van der Waals surface area contributed by atoms with E-state index in [1.54, 1.807) is 21.9 Å². The molecule has 1 N–H and O–H groups in total. The molecule has 7 nitrogen and oxygen atoms in total. The number of rotatable bonds is 6. The fourth-order valence-electron chi connectivity index (χ4n) is 2.31. The molecule has 4 heterocycles. The molecule has 0 aliphatic rings. The molecule has 0 unspecified atom stereocenters. The predicted octanol–water partition coefficient (Wildman–Crippen LogP) is 2.44. The lowest BCUT2D eigenvalue weighted by atomic mass is 10.3. The minimum absolute atomic E-state index is 0.159. The molecule has 0 spiro atoms. The lowest BCUT2D eigenvalue weighted by molar-refractivity contribution is 0.580.